The molecule has 0 aromatic heterocycles. The molecule has 0 aliphatic rings. The molecule has 53 heavy (non-hydrogen) atoms. The van der Waals surface area contributed by atoms with E-state index in [2.05, 4.69) is 91.3 Å². The third kappa shape index (κ3) is 37.3. The van der Waals surface area contributed by atoms with Crippen LogP contribution in [0, 0.1) is 0 Å². The fourth-order valence-corrected chi connectivity index (χ4v) is 5.42. The lowest BCUT2D eigenvalue weighted by atomic mass is 10.1. The van der Waals surface area contributed by atoms with Gasteiger partial charge in [-0.1, -0.05) is 131 Å². The monoisotopic (exact) mass is 763 g/mol. The van der Waals surface area contributed by atoms with Gasteiger partial charge < -0.3 is 25.2 Å². The van der Waals surface area contributed by atoms with Crippen LogP contribution in [0.3, 0.4) is 0 Å². The summed E-state index contributed by atoms with van der Waals surface area (Å²) in [6.07, 6.45) is 46.6. The summed E-state index contributed by atoms with van der Waals surface area (Å²) < 4.78 is 33.1. The Morgan fingerprint density at radius 2 is 1.09 bits per heavy atom. The summed E-state index contributed by atoms with van der Waals surface area (Å²) in [6, 6.07) is -1.49. The molecular formula is C42H70NO9P. The molecular weight excluding hydrogens is 693 g/mol. The van der Waals surface area contributed by atoms with Crippen LogP contribution < -0.4 is 5.73 Å². The number of rotatable bonds is 36. The second-order valence-corrected chi connectivity index (χ2v) is 14.1. The van der Waals surface area contributed by atoms with E-state index in [-0.39, 0.29) is 13.0 Å². The number of phosphoric ester groups is 1. The predicted molar refractivity (Wildman–Crippen MR) is 216 cm³/mol. The fourth-order valence-electron chi connectivity index (χ4n) is 4.64. The molecule has 0 heterocycles. The first-order chi connectivity index (χ1) is 25.7. The molecule has 0 saturated carbocycles. The van der Waals surface area contributed by atoms with Crippen LogP contribution in [0.2, 0.25) is 0 Å². The van der Waals surface area contributed by atoms with Gasteiger partial charge >= 0.3 is 19.8 Å². The van der Waals surface area contributed by atoms with Gasteiger partial charge in [-0.25, -0.2) is 4.57 Å². The van der Waals surface area contributed by atoms with Crippen molar-refractivity contribution < 1.29 is 42.7 Å². The number of carboxylic acids is 1. The lowest BCUT2D eigenvalue weighted by Gasteiger charge is -2.20. The normalized spacial score (nSPS) is 14.9. The van der Waals surface area contributed by atoms with E-state index in [1.54, 1.807) is 0 Å². The first-order valence-corrected chi connectivity index (χ1v) is 21.1. The number of esters is 1. The van der Waals surface area contributed by atoms with Crippen molar-refractivity contribution in [3.8, 4) is 0 Å². The zero-order valence-electron chi connectivity index (χ0n) is 32.6. The smallest absolute Gasteiger partial charge is 0.472 e. The minimum absolute atomic E-state index is 0.0484. The van der Waals surface area contributed by atoms with Crippen LogP contribution in [0.1, 0.15) is 129 Å². The van der Waals surface area contributed by atoms with Gasteiger partial charge in [-0.15, -0.1) is 0 Å². The molecule has 11 heteroatoms. The Morgan fingerprint density at radius 1 is 0.623 bits per heavy atom. The van der Waals surface area contributed by atoms with Gasteiger partial charge in [-0.2, -0.15) is 0 Å². The van der Waals surface area contributed by atoms with Crippen molar-refractivity contribution in [2.24, 2.45) is 5.73 Å². The Bertz CT molecular complexity index is 1160. The molecule has 3 atom stereocenters. The molecule has 0 aromatic carbocycles. The SMILES string of the molecule is CC/C=C\C/C=C\C/C=C\C/C=C\C/C=C\CCOCC(COP(=O)(O)OCC(N)C(=O)O)OC(=O)CCCCCCC/C=C\C/C=C\CCCCC. The number of carboxylic acid groups (broad SMARTS) is 1. The fraction of sp³-hybridized carbons (Fsp3) is 0.619. The Hall–Kier alpha value is -2.85. The summed E-state index contributed by atoms with van der Waals surface area (Å²) in [5, 5.41) is 8.87. The van der Waals surface area contributed by atoms with Crippen molar-refractivity contribution in [1.29, 1.82) is 0 Å². The van der Waals surface area contributed by atoms with Gasteiger partial charge in [-0.3, -0.25) is 18.6 Å². The molecule has 4 N–H and O–H groups in total. The van der Waals surface area contributed by atoms with Gasteiger partial charge in [0.2, 0.25) is 0 Å². The van der Waals surface area contributed by atoms with E-state index in [1.807, 2.05) is 12.2 Å². The number of carbonyl (C=O) groups is 2. The average molecular weight is 764 g/mol. The van der Waals surface area contributed by atoms with E-state index in [1.165, 1.54) is 19.3 Å². The van der Waals surface area contributed by atoms with E-state index in [0.29, 0.717) is 19.4 Å². The molecule has 0 spiro atoms. The molecule has 0 fully saturated rings. The number of carbonyl (C=O) groups excluding carboxylic acids is 1. The third-order valence-electron chi connectivity index (χ3n) is 7.68. The minimum atomic E-state index is -4.64. The number of hydrogen-bond donors (Lipinski definition) is 3. The maximum atomic E-state index is 12.6. The highest BCUT2D eigenvalue weighted by atomic mass is 31.2. The molecule has 0 rings (SSSR count). The van der Waals surface area contributed by atoms with Crippen molar-refractivity contribution >= 4 is 19.8 Å². The maximum absolute atomic E-state index is 12.6. The summed E-state index contributed by atoms with van der Waals surface area (Å²) in [6.45, 7) is 3.46. The largest absolute Gasteiger partial charge is 0.480 e. The second-order valence-electron chi connectivity index (χ2n) is 12.7. The standard InChI is InChI=1S/C42H70NO9P/c1-3-5-7-9-11-13-15-17-19-21-23-25-27-29-31-33-35-49-36-39(37-50-53(47,48)51-38-40(43)42(45)46)52-41(44)34-32-30-28-26-24-22-20-18-16-14-12-10-8-6-4-2/h5,7,11-14,17-20,23,25,29,31,39-40H,3-4,6,8-10,15-16,21-22,24,26-28,30,32-38,43H2,1-2H3,(H,45,46)(H,47,48)/b7-5-,13-11-,14-12-,19-17-,20-18-,25-23-,31-29-. The highest BCUT2D eigenvalue weighted by Gasteiger charge is 2.27. The lowest BCUT2D eigenvalue weighted by Crippen LogP contribution is -2.34. The van der Waals surface area contributed by atoms with Crippen LogP contribution >= 0.6 is 7.82 Å². The van der Waals surface area contributed by atoms with E-state index < -0.39 is 45.1 Å². The summed E-state index contributed by atoms with van der Waals surface area (Å²) in [5.74, 6) is -1.83. The van der Waals surface area contributed by atoms with Crippen LogP contribution in [0.4, 0.5) is 0 Å². The van der Waals surface area contributed by atoms with Gasteiger partial charge in [0.15, 0.2) is 0 Å². The quantitative estimate of drug-likeness (QED) is 0.0243. The van der Waals surface area contributed by atoms with Gasteiger partial charge in [0.05, 0.1) is 26.4 Å². The van der Waals surface area contributed by atoms with Gasteiger partial charge in [-0.05, 0) is 77.0 Å². The molecule has 0 amide bonds. The van der Waals surface area contributed by atoms with Crippen LogP contribution in [-0.4, -0.2) is 60.5 Å². The van der Waals surface area contributed by atoms with Crippen molar-refractivity contribution in [2.45, 2.75) is 142 Å². The molecule has 302 valence electrons. The molecule has 10 nitrogen and oxygen atoms in total. The van der Waals surface area contributed by atoms with Gasteiger partial charge in [0, 0.05) is 6.42 Å². The van der Waals surface area contributed by atoms with Crippen molar-refractivity contribution in [3.63, 3.8) is 0 Å². The minimum Gasteiger partial charge on any atom is -0.480 e. The van der Waals surface area contributed by atoms with Crippen molar-refractivity contribution in [1.82, 2.24) is 0 Å². The van der Waals surface area contributed by atoms with Crippen molar-refractivity contribution in [2.75, 3.05) is 26.4 Å². The first-order valence-electron chi connectivity index (χ1n) is 19.6. The molecule has 0 aliphatic carbocycles. The Labute approximate surface area is 320 Å². The van der Waals surface area contributed by atoms with Crippen LogP contribution in [0.5, 0.6) is 0 Å². The Morgan fingerprint density at radius 3 is 1.64 bits per heavy atom. The van der Waals surface area contributed by atoms with Crippen LogP contribution in [0.25, 0.3) is 0 Å². The molecule has 0 radical (unpaired) electrons. The molecule has 3 unspecified atom stereocenters. The summed E-state index contributed by atoms with van der Waals surface area (Å²) in [7, 11) is -4.64. The molecule has 0 bridgehead atoms. The van der Waals surface area contributed by atoms with Crippen molar-refractivity contribution in [3.05, 3.63) is 85.1 Å². The molecule has 0 aromatic rings. The Kier molecular flexibility index (Phi) is 35.5. The third-order valence-corrected chi connectivity index (χ3v) is 8.63. The summed E-state index contributed by atoms with van der Waals surface area (Å²) in [5.41, 5.74) is 5.33. The maximum Gasteiger partial charge on any atom is 0.472 e. The number of hydrogen-bond acceptors (Lipinski definition) is 8. The van der Waals surface area contributed by atoms with Gasteiger partial charge in [0.1, 0.15) is 12.1 Å². The zero-order valence-corrected chi connectivity index (χ0v) is 33.5. The predicted octanol–water partition coefficient (Wildman–Crippen LogP) is 10.4. The number of nitrogens with two attached hydrogens (primary N) is 1. The number of aliphatic carboxylic acids is 1. The van der Waals surface area contributed by atoms with Crippen LogP contribution in [-0.2, 0) is 32.7 Å². The van der Waals surface area contributed by atoms with E-state index in [0.717, 1.165) is 77.0 Å². The van der Waals surface area contributed by atoms with Crippen LogP contribution in [0.15, 0.2) is 85.1 Å². The highest BCUT2D eigenvalue weighted by molar-refractivity contribution is 7.47. The van der Waals surface area contributed by atoms with E-state index in [9.17, 15) is 19.0 Å². The Balaban J connectivity index is 4.47. The summed E-state index contributed by atoms with van der Waals surface area (Å²) in [4.78, 5) is 33.4. The molecule has 0 saturated heterocycles. The lowest BCUT2D eigenvalue weighted by molar-refractivity contribution is -0.154. The number of unbranched alkanes of at least 4 members (excludes halogenated alkanes) is 8. The van der Waals surface area contributed by atoms with E-state index in [4.69, 9.17) is 24.8 Å². The first kappa shape index (κ1) is 50.1. The number of allylic oxidation sites excluding steroid dienone is 13. The molecule has 0 aliphatic heterocycles. The number of ether oxygens (including phenoxy) is 2. The number of phosphoric acid groups is 1. The van der Waals surface area contributed by atoms with Gasteiger partial charge in [0.25, 0.3) is 0 Å². The summed E-state index contributed by atoms with van der Waals surface area (Å²) >= 11 is 0. The van der Waals surface area contributed by atoms with E-state index >= 15 is 0 Å². The highest BCUT2D eigenvalue weighted by Crippen LogP contribution is 2.43. The average Bonchev–Trinajstić information content (AvgIpc) is 3.13. The topological polar surface area (TPSA) is 155 Å². The zero-order chi connectivity index (χ0) is 39.1. The second kappa shape index (κ2) is 37.5.